The molecule has 1 atom stereocenters. The maximum absolute atomic E-state index is 13.7. The summed E-state index contributed by atoms with van der Waals surface area (Å²) in [6.07, 6.45) is 0. The van der Waals surface area contributed by atoms with Crippen LogP contribution in [0.1, 0.15) is 45.2 Å². The van der Waals surface area contributed by atoms with Crippen molar-refractivity contribution in [2.45, 2.75) is 32.7 Å². The summed E-state index contributed by atoms with van der Waals surface area (Å²) in [5, 5.41) is 12.9. The molecule has 35 heavy (non-hydrogen) atoms. The molecule has 0 bridgehead atoms. The summed E-state index contributed by atoms with van der Waals surface area (Å²) >= 11 is 13.8. The van der Waals surface area contributed by atoms with E-state index in [2.05, 4.69) is 4.98 Å². The number of aromatic nitrogens is 1. The van der Waals surface area contributed by atoms with E-state index in [9.17, 15) is 9.90 Å². The number of carbonyl (C=O) groups is 1. The van der Waals surface area contributed by atoms with Gasteiger partial charge in [0.15, 0.2) is 0 Å². The SMILES string of the molecule is C[C@@H](c1ccccc1)N(Cc1cc(Cl)ccc1OCc1nc(CO)cs1)C(=O)c1ccc(Cl)cc1. The Hall–Kier alpha value is -2.90. The van der Waals surface area contributed by atoms with Gasteiger partial charge in [0.2, 0.25) is 0 Å². The number of nitrogens with zero attached hydrogens (tertiary/aromatic N) is 2. The van der Waals surface area contributed by atoms with E-state index in [0.29, 0.717) is 27.1 Å². The zero-order chi connectivity index (χ0) is 24.8. The maximum atomic E-state index is 13.7. The molecule has 0 spiro atoms. The van der Waals surface area contributed by atoms with E-state index in [1.807, 2.05) is 43.3 Å². The van der Waals surface area contributed by atoms with E-state index < -0.39 is 0 Å². The first-order chi connectivity index (χ1) is 16.9. The molecule has 0 aliphatic carbocycles. The summed E-state index contributed by atoms with van der Waals surface area (Å²) in [4.78, 5) is 19.8. The highest BCUT2D eigenvalue weighted by Gasteiger charge is 2.24. The van der Waals surface area contributed by atoms with Crippen LogP contribution in [0.15, 0.2) is 78.2 Å². The van der Waals surface area contributed by atoms with Crippen molar-refractivity contribution < 1.29 is 14.6 Å². The fraction of sp³-hybridized carbons (Fsp3) is 0.185. The van der Waals surface area contributed by atoms with Gasteiger partial charge >= 0.3 is 0 Å². The van der Waals surface area contributed by atoms with Crippen molar-refractivity contribution in [1.29, 1.82) is 0 Å². The summed E-state index contributed by atoms with van der Waals surface area (Å²) in [5.74, 6) is 0.487. The van der Waals surface area contributed by atoms with Gasteiger partial charge in [-0.3, -0.25) is 4.79 Å². The van der Waals surface area contributed by atoms with Gasteiger partial charge in [-0.25, -0.2) is 4.98 Å². The van der Waals surface area contributed by atoms with Gasteiger partial charge in [0.25, 0.3) is 5.91 Å². The van der Waals surface area contributed by atoms with Crippen molar-refractivity contribution in [2.75, 3.05) is 0 Å². The fourth-order valence-electron chi connectivity index (χ4n) is 3.68. The Bertz CT molecular complexity index is 1280. The zero-order valence-corrected chi connectivity index (χ0v) is 21.4. The second-order valence-corrected chi connectivity index (χ2v) is 9.77. The van der Waals surface area contributed by atoms with Gasteiger partial charge in [-0.05, 0) is 55.0 Å². The molecule has 0 unspecified atom stereocenters. The third-order valence-electron chi connectivity index (χ3n) is 5.58. The average molecular weight is 527 g/mol. The summed E-state index contributed by atoms with van der Waals surface area (Å²) in [5.41, 5.74) is 2.95. The molecule has 1 N–H and O–H groups in total. The number of ether oxygens (including phenoxy) is 1. The number of carbonyl (C=O) groups excluding carboxylic acids is 1. The van der Waals surface area contributed by atoms with Crippen LogP contribution < -0.4 is 4.74 Å². The molecular formula is C27H24Cl2N2O3S. The number of hydrogen-bond acceptors (Lipinski definition) is 5. The van der Waals surface area contributed by atoms with E-state index in [1.54, 1.807) is 46.7 Å². The van der Waals surface area contributed by atoms with E-state index in [4.69, 9.17) is 27.9 Å². The molecule has 1 amide bonds. The highest BCUT2D eigenvalue weighted by Crippen LogP contribution is 2.30. The molecule has 4 aromatic rings. The Balaban J connectivity index is 1.64. The minimum Gasteiger partial charge on any atom is -0.486 e. The van der Waals surface area contributed by atoms with Crippen LogP contribution in [0.5, 0.6) is 5.75 Å². The van der Waals surface area contributed by atoms with E-state index in [-0.39, 0.29) is 31.7 Å². The first-order valence-electron chi connectivity index (χ1n) is 11.0. The molecular weight excluding hydrogens is 503 g/mol. The predicted octanol–water partition coefficient (Wildman–Crippen LogP) is 6.92. The second kappa shape index (κ2) is 11.7. The van der Waals surface area contributed by atoms with E-state index >= 15 is 0 Å². The molecule has 0 fully saturated rings. The highest BCUT2D eigenvalue weighted by molar-refractivity contribution is 7.09. The second-order valence-electron chi connectivity index (χ2n) is 7.96. The van der Waals surface area contributed by atoms with Crippen LogP contribution in [-0.2, 0) is 19.8 Å². The van der Waals surface area contributed by atoms with Gasteiger partial charge in [-0.2, -0.15) is 0 Å². The molecule has 3 aromatic carbocycles. The summed E-state index contributed by atoms with van der Waals surface area (Å²) < 4.78 is 6.08. The van der Waals surface area contributed by atoms with Gasteiger partial charge in [-0.15, -0.1) is 11.3 Å². The lowest BCUT2D eigenvalue weighted by atomic mass is 10.0. The van der Waals surface area contributed by atoms with Crippen LogP contribution in [0.25, 0.3) is 0 Å². The Kier molecular flexibility index (Phi) is 8.42. The Morgan fingerprint density at radius 2 is 1.77 bits per heavy atom. The maximum Gasteiger partial charge on any atom is 0.254 e. The van der Waals surface area contributed by atoms with Crippen molar-refractivity contribution in [3.63, 3.8) is 0 Å². The minimum absolute atomic E-state index is 0.109. The highest BCUT2D eigenvalue weighted by atomic mass is 35.5. The molecule has 8 heteroatoms. The number of rotatable bonds is 9. The monoisotopic (exact) mass is 526 g/mol. The van der Waals surface area contributed by atoms with Crippen molar-refractivity contribution in [1.82, 2.24) is 9.88 Å². The molecule has 0 saturated carbocycles. The fourth-order valence-corrected chi connectivity index (χ4v) is 4.69. The van der Waals surface area contributed by atoms with Crippen LogP contribution in [0, 0.1) is 0 Å². The van der Waals surface area contributed by atoms with Gasteiger partial charge < -0.3 is 14.7 Å². The number of amides is 1. The van der Waals surface area contributed by atoms with Crippen LogP contribution in [0.4, 0.5) is 0 Å². The minimum atomic E-state index is -0.211. The lowest BCUT2D eigenvalue weighted by molar-refractivity contribution is 0.0672. The zero-order valence-electron chi connectivity index (χ0n) is 19.0. The van der Waals surface area contributed by atoms with Crippen molar-refractivity contribution in [3.05, 3.63) is 116 Å². The van der Waals surface area contributed by atoms with E-state index in [1.165, 1.54) is 11.3 Å². The van der Waals surface area contributed by atoms with Crippen LogP contribution in [0.2, 0.25) is 10.0 Å². The normalized spacial score (nSPS) is 11.8. The number of halogens is 2. The topological polar surface area (TPSA) is 62.7 Å². The lowest BCUT2D eigenvalue weighted by Crippen LogP contribution is -2.33. The Morgan fingerprint density at radius 3 is 2.46 bits per heavy atom. The Morgan fingerprint density at radius 1 is 1.06 bits per heavy atom. The number of hydrogen-bond donors (Lipinski definition) is 1. The van der Waals surface area contributed by atoms with Crippen molar-refractivity contribution >= 4 is 40.4 Å². The summed E-state index contributed by atoms with van der Waals surface area (Å²) in [7, 11) is 0. The molecule has 4 rings (SSSR count). The average Bonchev–Trinajstić information content (AvgIpc) is 3.35. The van der Waals surface area contributed by atoms with Crippen LogP contribution in [-0.4, -0.2) is 20.9 Å². The predicted molar refractivity (Wildman–Crippen MR) is 140 cm³/mol. The summed E-state index contributed by atoms with van der Waals surface area (Å²) in [6, 6.07) is 21.9. The molecule has 0 aliphatic rings. The largest absolute Gasteiger partial charge is 0.486 e. The third-order valence-corrected chi connectivity index (χ3v) is 6.94. The molecule has 1 heterocycles. The number of aliphatic hydroxyl groups excluding tert-OH is 1. The van der Waals surface area contributed by atoms with Gasteiger partial charge in [0.1, 0.15) is 17.4 Å². The molecule has 0 aliphatic heterocycles. The molecule has 1 aromatic heterocycles. The standard InChI is InChI=1S/C27H24Cl2N2O3S/c1-18(19-5-3-2-4-6-19)31(27(33)20-7-9-22(28)10-8-20)14-21-13-23(29)11-12-25(21)34-16-26-30-24(15-32)17-35-26/h2-13,17-18,32H,14-16H2,1H3/t18-/m0/s1. The number of benzene rings is 3. The summed E-state index contributed by atoms with van der Waals surface area (Å²) in [6.45, 7) is 2.42. The van der Waals surface area contributed by atoms with Gasteiger partial charge in [0.05, 0.1) is 24.9 Å². The number of thiazole rings is 1. The van der Waals surface area contributed by atoms with Crippen LogP contribution in [0.3, 0.4) is 0 Å². The molecule has 0 radical (unpaired) electrons. The quantitative estimate of drug-likeness (QED) is 0.257. The smallest absolute Gasteiger partial charge is 0.254 e. The number of aliphatic hydroxyl groups is 1. The van der Waals surface area contributed by atoms with E-state index in [0.717, 1.165) is 16.1 Å². The van der Waals surface area contributed by atoms with Gasteiger partial charge in [-0.1, -0.05) is 53.5 Å². The van der Waals surface area contributed by atoms with Crippen LogP contribution >= 0.6 is 34.5 Å². The third kappa shape index (κ3) is 6.41. The lowest BCUT2D eigenvalue weighted by Gasteiger charge is -2.30. The first-order valence-corrected chi connectivity index (χ1v) is 12.6. The Labute approximate surface area is 218 Å². The molecule has 0 saturated heterocycles. The van der Waals surface area contributed by atoms with Crippen molar-refractivity contribution in [2.24, 2.45) is 0 Å². The molecule has 180 valence electrons. The molecule has 5 nitrogen and oxygen atoms in total. The van der Waals surface area contributed by atoms with Crippen molar-refractivity contribution in [3.8, 4) is 5.75 Å². The van der Waals surface area contributed by atoms with Gasteiger partial charge in [0, 0.05) is 26.6 Å². The first kappa shape index (κ1) is 25.2.